The molecule has 1 unspecified atom stereocenters. The fraction of sp³-hybridized carbons (Fsp3) is 0.727. The summed E-state index contributed by atoms with van der Waals surface area (Å²) in [5.74, 6) is -0.797. The first kappa shape index (κ1) is 24.4. The molecule has 0 aliphatic rings. The van der Waals surface area contributed by atoms with Gasteiger partial charge in [0.15, 0.2) is 0 Å². The summed E-state index contributed by atoms with van der Waals surface area (Å²) in [5, 5.41) is 17.1. The predicted octanol–water partition coefficient (Wildman–Crippen LogP) is 6.37. The van der Waals surface area contributed by atoms with E-state index in [-0.39, 0.29) is 0 Å². The highest BCUT2D eigenvalue weighted by Gasteiger charge is 2.02. The number of allylic oxidation sites excluding steroid dienone is 3. The lowest BCUT2D eigenvalue weighted by atomic mass is 9.96. The van der Waals surface area contributed by atoms with Crippen LogP contribution in [0.2, 0.25) is 0 Å². The lowest BCUT2D eigenvalue weighted by Crippen LogP contribution is -1.96. The Labute approximate surface area is 159 Å². The number of carboxylic acids is 2. The van der Waals surface area contributed by atoms with Crippen molar-refractivity contribution in [1.29, 1.82) is 0 Å². The summed E-state index contributed by atoms with van der Waals surface area (Å²) < 4.78 is 0. The van der Waals surface area contributed by atoms with E-state index in [4.69, 9.17) is 10.2 Å². The molecular formula is C22H38O4. The molecule has 26 heavy (non-hydrogen) atoms. The first-order valence-electron chi connectivity index (χ1n) is 10.2. The summed E-state index contributed by atoms with van der Waals surface area (Å²) in [6, 6.07) is 0. The predicted molar refractivity (Wildman–Crippen MR) is 107 cm³/mol. The second kappa shape index (κ2) is 16.9. The number of hydrogen-bond acceptors (Lipinski definition) is 2. The van der Waals surface area contributed by atoms with Crippen LogP contribution >= 0.6 is 0 Å². The summed E-state index contributed by atoms with van der Waals surface area (Å²) in [4.78, 5) is 20.8. The van der Waals surface area contributed by atoms with Gasteiger partial charge >= 0.3 is 11.9 Å². The van der Waals surface area contributed by atoms with Crippen molar-refractivity contribution in [3.63, 3.8) is 0 Å². The van der Waals surface area contributed by atoms with Crippen LogP contribution in [-0.2, 0) is 9.59 Å². The molecule has 0 radical (unpaired) electrons. The molecule has 0 saturated carbocycles. The molecule has 150 valence electrons. The van der Waals surface area contributed by atoms with E-state index < -0.39 is 11.9 Å². The van der Waals surface area contributed by atoms with Gasteiger partial charge in [0.1, 0.15) is 0 Å². The third-order valence-electron chi connectivity index (χ3n) is 4.68. The minimum absolute atomic E-state index is 0.306. The number of carboxylic acid groups (broad SMARTS) is 2. The fourth-order valence-corrected chi connectivity index (χ4v) is 3.03. The van der Waals surface area contributed by atoms with Gasteiger partial charge in [0.05, 0.1) is 0 Å². The van der Waals surface area contributed by atoms with E-state index in [1.165, 1.54) is 37.3 Å². The Morgan fingerprint density at radius 3 is 2.19 bits per heavy atom. The van der Waals surface area contributed by atoms with Crippen molar-refractivity contribution in [2.45, 2.75) is 97.3 Å². The molecule has 4 nitrogen and oxygen atoms in total. The maximum atomic E-state index is 10.4. The normalized spacial score (nSPS) is 13.2. The van der Waals surface area contributed by atoms with Gasteiger partial charge in [-0.2, -0.15) is 0 Å². The highest BCUT2D eigenvalue weighted by molar-refractivity contribution is 5.79. The average molecular weight is 367 g/mol. The summed E-state index contributed by atoms with van der Waals surface area (Å²) >= 11 is 0. The largest absolute Gasteiger partial charge is 0.481 e. The van der Waals surface area contributed by atoms with E-state index in [9.17, 15) is 9.59 Å². The highest BCUT2D eigenvalue weighted by atomic mass is 16.4. The van der Waals surface area contributed by atoms with Gasteiger partial charge in [-0.15, -0.1) is 0 Å². The van der Waals surface area contributed by atoms with Crippen molar-refractivity contribution < 1.29 is 19.8 Å². The molecule has 0 rings (SSSR count). The molecule has 0 spiro atoms. The third-order valence-corrected chi connectivity index (χ3v) is 4.68. The summed E-state index contributed by atoms with van der Waals surface area (Å²) in [7, 11) is 0. The molecule has 0 aliphatic carbocycles. The van der Waals surface area contributed by atoms with E-state index in [0.29, 0.717) is 6.42 Å². The molecular weight excluding hydrogens is 328 g/mol. The minimum atomic E-state index is -0.867. The first-order chi connectivity index (χ1) is 12.4. The number of hydrogen-bond donors (Lipinski definition) is 2. The number of aliphatic carboxylic acids is 2. The Bertz CT molecular complexity index is 437. The molecule has 2 N–H and O–H groups in total. The monoisotopic (exact) mass is 366 g/mol. The Kier molecular flexibility index (Phi) is 15.8. The van der Waals surface area contributed by atoms with Crippen molar-refractivity contribution in [3.05, 3.63) is 23.8 Å². The molecule has 4 heteroatoms. The van der Waals surface area contributed by atoms with E-state index in [2.05, 4.69) is 19.9 Å². The van der Waals surface area contributed by atoms with Gasteiger partial charge in [-0.3, -0.25) is 4.79 Å². The molecule has 0 fully saturated rings. The van der Waals surface area contributed by atoms with Gasteiger partial charge in [-0.05, 0) is 57.8 Å². The van der Waals surface area contributed by atoms with E-state index in [1.54, 1.807) is 6.08 Å². The zero-order chi connectivity index (χ0) is 19.6. The topological polar surface area (TPSA) is 74.6 Å². The molecule has 0 bridgehead atoms. The number of unbranched alkanes of at least 4 members (excludes halogenated alkanes) is 6. The molecule has 0 aromatic carbocycles. The summed E-state index contributed by atoms with van der Waals surface area (Å²) in [6.45, 7) is 4.51. The standard InChI is InChI=1S/C22H38O4/c1-19(13-7-3-5-9-17-21(23)24)15-11-12-16-20(2)14-8-4-6-10-18-22(25)26/h9,15,17,20H,3-8,10-14,16,18H2,1-2H3,(H,23,24)(H,25,26). The third kappa shape index (κ3) is 18.8. The van der Waals surface area contributed by atoms with Crippen LogP contribution in [0.1, 0.15) is 97.3 Å². The van der Waals surface area contributed by atoms with E-state index >= 15 is 0 Å². The lowest BCUT2D eigenvalue weighted by molar-refractivity contribution is -0.137. The molecule has 0 saturated heterocycles. The number of rotatable bonds is 17. The SMILES string of the molecule is CC(=CCCCC(C)CCCCCCC(=O)O)CCCCC=CC(=O)O. The Hall–Kier alpha value is -1.58. The molecule has 0 amide bonds. The van der Waals surface area contributed by atoms with Crippen LogP contribution in [0.25, 0.3) is 0 Å². The van der Waals surface area contributed by atoms with Crippen LogP contribution < -0.4 is 0 Å². The highest BCUT2D eigenvalue weighted by Crippen LogP contribution is 2.18. The maximum absolute atomic E-state index is 10.4. The van der Waals surface area contributed by atoms with Crippen LogP contribution in [0.3, 0.4) is 0 Å². The Balaban J connectivity index is 3.53. The molecule has 0 aromatic rings. The molecule has 0 heterocycles. The second-order valence-corrected chi connectivity index (χ2v) is 7.42. The van der Waals surface area contributed by atoms with Gasteiger partial charge in [0.25, 0.3) is 0 Å². The van der Waals surface area contributed by atoms with Crippen LogP contribution in [0.15, 0.2) is 23.8 Å². The van der Waals surface area contributed by atoms with Crippen LogP contribution in [0.5, 0.6) is 0 Å². The van der Waals surface area contributed by atoms with Crippen molar-refractivity contribution in [1.82, 2.24) is 0 Å². The minimum Gasteiger partial charge on any atom is -0.481 e. The van der Waals surface area contributed by atoms with Crippen LogP contribution in [-0.4, -0.2) is 22.2 Å². The zero-order valence-corrected chi connectivity index (χ0v) is 16.7. The van der Waals surface area contributed by atoms with Gasteiger partial charge in [-0.25, -0.2) is 4.79 Å². The van der Waals surface area contributed by atoms with Crippen LogP contribution in [0, 0.1) is 5.92 Å². The van der Waals surface area contributed by atoms with Crippen molar-refractivity contribution >= 4 is 11.9 Å². The average Bonchev–Trinajstić information content (AvgIpc) is 2.57. The first-order valence-corrected chi connectivity index (χ1v) is 10.2. The smallest absolute Gasteiger partial charge is 0.327 e. The second-order valence-electron chi connectivity index (χ2n) is 7.42. The van der Waals surface area contributed by atoms with Gasteiger partial charge < -0.3 is 10.2 Å². The van der Waals surface area contributed by atoms with Gasteiger partial charge in [-0.1, -0.05) is 56.8 Å². The van der Waals surface area contributed by atoms with Gasteiger partial charge in [0.2, 0.25) is 0 Å². The molecule has 0 aliphatic heterocycles. The van der Waals surface area contributed by atoms with E-state index in [0.717, 1.165) is 57.3 Å². The van der Waals surface area contributed by atoms with Crippen molar-refractivity contribution in [2.75, 3.05) is 0 Å². The zero-order valence-electron chi connectivity index (χ0n) is 16.7. The summed E-state index contributed by atoms with van der Waals surface area (Å²) in [6.07, 6.45) is 18.8. The maximum Gasteiger partial charge on any atom is 0.327 e. The van der Waals surface area contributed by atoms with Crippen LogP contribution in [0.4, 0.5) is 0 Å². The van der Waals surface area contributed by atoms with E-state index in [1.807, 2.05) is 0 Å². The Morgan fingerprint density at radius 2 is 1.50 bits per heavy atom. The quantitative estimate of drug-likeness (QED) is 0.178. The lowest BCUT2D eigenvalue weighted by Gasteiger charge is -2.10. The van der Waals surface area contributed by atoms with Crippen molar-refractivity contribution in [2.24, 2.45) is 5.92 Å². The van der Waals surface area contributed by atoms with Crippen molar-refractivity contribution in [3.8, 4) is 0 Å². The molecule has 1 atom stereocenters. The number of carbonyl (C=O) groups is 2. The molecule has 0 aromatic heterocycles. The van der Waals surface area contributed by atoms with Gasteiger partial charge in [0, 0.05) is 12.5 Å². The summed E-state index contributed by atoms with van der Waals surface area (Å²) in [5.41, 5.74) is 1.44. The Morgan fingerprint density at radius 1 is 0.846 bits per heavy atom. The fourth-order valence-electron chi connectivity index (χ4n) is 3.03.